The molecule has 1 heterocycles. The Morgan fingerprint density at radius 3 is 2.88 bits per heavy atom. The first kappa shape index (κ1) is 14.9. The first-order valence-electron chi connectivity index (χ1n) is 7.36. The van der Waals surface area contributed by atoms with Crippen molar-refractivity contribution < 1.29 is 5.11 Å². The van der Waals surface area contributed by atoms with Gasteiger partial charge in [0.25, 0.3) is 0 Å². The number of nitrogens with zero attached hydrogens (tertiary/aromatic N) is 1. The van der Waals surface area contributed by atoms with Gasteiger partial charge in [-0.2, -0.15) is 0 Å². The molecule has 17 heavy (non-hydrogen) atoms. The van der Waals surface area contributed by atoms with E-state index in [1.165, 1.54) is 38.8 Å². The second-order valence-electron chi connectivity index (χ2n) is 5.34. The molecule has 3 nitrogen and oxygen atoms in total. The monoisotopic (exact) mass is 242 g/mol. The predicted molar refractivity (Wildman–Crippen MR) is 73.2 cm³/mol. The molecule has 2 atom stereocenters. The van der Waals surface area contributed by atoms with Crippen LogP contribution in [0.2, 0.25) is 0 Å². The first-order chi connectivity index (χ1) is 8.30. The van der Waals surface area contributed by atoms with E-state index < -0.39 is 0 Å². The van der Waals surface area contributed by atoms with Gasteiger partial charge in [0, 0.05) is 25.7 Å². The number of aliphatic hydroxyl groups excluding tert-OH is 1. The summed E-state index contributed by atoms with van der Waals surface area (Å²) >= 11 is 0. The highest BCUT2D eigenvalue weighted by molar-refractivity contribution is 4.77. The molecule has 0 bridgehead atoms. The van der Waals surface area contributed by atoms with E-state index in [2.05, 4.69) is 24.1 Å². The molecule has 0 radical (unpaired) electrons. The average Bonchev–Trinajstić information content (AvgIpc) is 2.36. The lowest BCUT2D eigenvalue weighted by Crippen LogP contribution is -2.45. The second kappa shape index (κ2) is 8.90. The zero-order valence-corrected chi connectivity index (χ0v) is 11.6. The van der Waals surface area contributed by atoms with Crippen molar-refractivity contribution >= 4 is 0 Å². The molecule has 1 fully saturated rings. The summed E-state index contributed by atoms with van der Waals surface area (Å²) < 4.78 is 0. The molecule has 0 aliphatic carbocycles. The van der Waals surface area contributed by atoms with Gasteiger partial charge in [0.2, 0.25) is 0 Å². The summed E-state index contributed by atoms with van der Waals surface area (Å²) in [7, 11) is 0. The number of aliphatic hydroxyl groups is 1. The Bertz CT molecular complexity index is 185. The molecule has 1 aliphatic heterocycles. The van der Waals surface area contributed by atoms with Crippen LogP contribution in [0.25, 0.3) is 0 Å². The van der Waals surface area contributed by atoms with E-state index in [1.807, 2.05) is 0 Å². The molecule has 1 aliphatic rings. The maximum atomic E-state index is 9.11. The van der Waals surface area contributed by atoms with Crippen molar-refractivity contribution in [3.05, 3.63) is 0 Å². The smallest absolute Gasteiger partial charge is 0.0446 e. The Hall–Kier alpha value is -0.120. The SMILES string of the molecule is CCCNC(CCO)CN1CCCC(CC)C1. The molecule has 0 aromatic rings. The Balaban J connectivity index is 2.31. The molecular formula is C14H30N2O. The van der Waals surface area contributed by atoms with Crippen LogP contribution in [0.3, 0.4) is 0 Å². The van der Waals surface area contributed by atoms with E-state index in [-0.39, 0.29) is 0 Å². The van der Waals surface area contributed by atoms with Crippen LogP contribution in [-0.2, 0) is 0 Å². The van der Waals surface area contributed by atoms with Crippen molar-refractivity contribution in [2.24, 2.45) is 5.92 Å². The minimum absolute atomic E-state index is 0.298. The maximum Gasteiger partial charge on any atom is 0.0446 e. The van der Waals surface area contributed by atoms with Crippen LogP contribution in [-0.4, -0.2) is 48.8 Å². The fourth-order valence-corrected chi connectivity index (χ4v) is 2.72. The Morgan fingerprint density at radius 2 is 2.24 bits per heavy atom. The normalized spacial score (nSPS) is 23.8. The lowest BCUT2D eigenvalue weighted by Gasteiger charge is -2.35. The zero-order valence-electron chi connectivity index (χ0n) is 11.6. The van der Waals surface area contributed by atoms with Crippen LogP contribution in [0.15, 0.2) is 0 Å². The van der Waals surface area contributed by atoms with Gasteiger partial charge >= 0.3 is 0 Å². The summed E-state index contributed by atoms with van der Waals surface area (Å²) in [4.78, 5) is 2.58. The highest BCUT2D eigenvalue weighted by atomic mass is 16.3. The summed E-state index contributed by atoms with van der Waals surface area (Å²) in [6, 6.07) is 0.468. The van der Waals surface area contributed by atoms with Crippen molar-refractivity contribution in [2.75, 3.05) is 32.8 Å². The highest BCUT2D eigenvalue weighted by Crippen LogP contribution is 2.19. The first-order valence-corrected chi connectivity index (χ1v) is 7.36. The van der Waals surface area contributed by atoms with Crippen LogP contribution in [0, 0.1) is 5.92 Å². The molecule has 3 heteroatoms. The molecule has 0 amide bonds. The number of piperidine rings is 1. The largest absolute Gasteiger partial charge is 0.396 e. The van der Waals surface area contributed by atoms with E-state index in [0.717, 1.165) is 25.4 Å². The van der Waals surface area contributed by atoms with Crippen LogP contribution in [0.1, 0.15) is 46.0 Å². The van der Waals surface area contributed by atoms with Crippen LogP contribution < -0.4 is 5.32 Å². The number of rotatable bonds is 8. The van der Waals surface area contributed by atoms with E-state index >= 15 is 0 Å². The lowest BCUT2D eigenvalue weighted by molar-refractivity contribution is 0.146. The van der Waals surface area contributed by atoms with Gasteiger partial charge < -0.3 is 15.3 Å². The maximum absolute atomic E-state index is 9.11. The van der Waals surface area contributed by atoms with Crippen molar-refractivity contribution in [2.45, 2.75) is 52.0 Å². The molecule has 102 valence electrons. The third kappa shape index (κ3) is 5.84. The van der Waals surface area contributed by atoms with Gasteiger partial charge in [-0.25, -0.2) is 0 Å². The van der Waals surface area contributed by atoms with Crippen molar-refractivity contribution in [1.82, 2.24) is 10.2 Å². The summed E-state index contributed by atoms with van der Waals surface area (Å²) in [5.41, 5.74) is 0. The van der Waals surface area contributed by atoms with Gasteiger partial charge in [0.05, 0.1) is 0 Å². The topological polar surface area (TPSA) is 35.5 Å². The average molecular weight is 242 g/mol. The van der Waals surface area contributed by atoms with Crippen molar-refractivity contribution in [1.29, 1.82) is 0 Å². The number of hydrogen-bond donors (Lipinski definition) is 2. The number of hydrogen-bond acceptors (Lipinski definition) is 3. The third-order valence-corrected chi connectivity index (χ3v) is 3.82. The summed E-state index contributed by atoms with van der Waals surface area (Å²) in [6.45, 7) is 9.46. The lowest BCUT2D eigenvalue weighted by atomic mass is 9.95. The van der Waals surface area contributed by atoms with Gasteiger partial charge in [0.15, 0.2) is 0 Å². The molecule has 0 aromatic heterocycles. The quantitative estimate of drug-likeness (QED) is 0.682. The minimum atomic E-state index is 0.298. The molecule has 0 aromatic carbocycles. The third-order valence-electron chi connectivity index (χ3n) is 3.82. The molecular weight excluding hydrogens is 212 g/mol. The van der Waals surface area contributed by atoms with Gasteiger partial charge in [-0.05, 0) is 44.7 Å². The Kier molecular flexibility index (Phi) is 7.82. The number of nitrogens with one attached hydrogen (secondary N) is 1. The van der Waals surface area contributed by atoms with E-state index in [4.69, 9.17) is 5.11 Å². The molecule has 0 saturated carbocycles. The van der Waals surface area contributed by atoms with Crippen LogP contribution in [0.4, 0.5) is 0 Å². The number of likely N-dealkylation sites (tertiary alicyclic amines) is 1. The summed E-state index contributed by atoms with van der Waals surface area (Å²) in [5.74, 6) is 0.893. The van der Waals surface area contributed by atoms with Gasteiger partial charge in [0.1, 0.15) is 0 Å². The van der Waals surface area contributed by atoms with E-state index in [1.54, 1.807) is 0 Å². The molecule has 1 saturated heterocycles. The van der Waals surface area contributed by atoms with Crippen LogP contribution >= 0.6 is 0 Å². The van der Waals surface area contributed by atoms with Gasteiger partial charge in [-0.1, -0.05) is 20.3 Å². The van der Waals surface area contributed by atoms with Crippen LogP contribution in [0.5, 0.6) is 0 Å². The highest BCUT2D eigenvalue weighted by Gasteiger charge is 2.20. The Labute approximate surface area is 107 Å². The predicted octanol–water partition coefficient (Wildman–Crippen LogP) is 1.86. The second-order valence-corrected chi connectivity index (χ2v) is 5.34. The fourth-order valence-electron chi connectivity index (χ4n) is 2.72. The van der Waals surface area contributed by atoms with Crippen molar-refractivity contribution in [3.63, 3.8) is 0 Å². The zero-order chi connectivity index (χ0) is 12.5. The summed E-state index contributed by atoms with van der Waals surface area (Å²) in [5, 5.41) is 12.7. The molecule has 2 N–H and O–H groups in total. The Morgan fingerprint density at radius 1 is 1.41 bits per heavy atom. The van der Waals surface area contributed by atoms with Gasteiger partial charge in [-0.15, -0.1) is 0 Å². The minimum Gasteiger partial charge on any atom is -0.396 e. The standard InChI is InChI=1S/C14H30N2O/c1-3-8-15-14(7-10-17)12-16-9-5-6-13(4-2)11-16/h13-15,17H,3-12H2,1-2H3. The molecule has 2 unspecified atom stereocenters. The molecule has 1 rings (SSSR count). The van der Waals surface area contributed by atoms with Crippen molar-refractivity contribution in [3.8, 4) is 0 Å². The van der Waals surface area contributed by atoms with E-state index in [9.17, 15) is 0 Å². The fraction of sp³-hybridized carbons (Fsp3) is 1.00. The molecule has 0 spiro atoms. The summed E-state index contributed by atoms with van der Waals surface area (Å²) in [6.07, 6.45) is 6.11. The van der Waals surface area contributed by atoms with E-state index in [0.29, 0.717) is 12.6 Å². The van der Waals surface area contributed by atoms with Gasteiger partial charge in [-0.3, -0.25) is 0 Å².